The van der Waals surface area contributed by atoms with Crippen molar-refractivity contribution >= 4 is 11.5 Å². The molecule has 3 rings (SSSR count). The van der Waals surface area contributed by atoms with E-state index in [9.17, 15) is 4.79 Å². The lowest BCUT2D eigenvalue weighted by Gasteiger charge is -2.27. The van der Waals surface area contributed by atoms with Crippen molar-refractivity contribution in [1.82, 2.24) is 0 Å². The van der Waals surface area contributed by atoms with E-state index in [-0.39, 0.29) is 5.78 Å². The summed E-state index contributed by atoms with van der Waals surface area (Å²) in [6.45, 7) is 4.09. The highest BCUT2D eigenvalue weighted by Gasteiger charge is 2.23. The second-order valence-electron chi connectivity index (χ2n) is 5.24. The summed E-state index contributed by atoms with van der Waals surface area (Å²) in [6.07, 6.45) is 2.47. The minimum atomic E-state index is 0.181. The van der Waals surface area contributed by atoms with E-state index in [0.717, 1.165) is 48.6 Å². The van der Waals surface area contributed by atoms with Crippen molar-refractivity contribution in [3.63, 3.8) is 0 Å². The Balaban J connectivity index is 1.89. The van der Waals surface area contributed by atoms with Gasteiger partial charge in [-0.05, 0) is 37.5 Å². The van der Waals surface area contributed by atoms with Gasteiger partial charge in [0.05, 0.1) is 17.9 Å². The maximum atomic E-state index is 12.0. The van der Waals surface area contributed by atoms with Crippen LogP contribution in [0.4, 0.5) is 5.69 Å². The van der Waals surface area contributed by atoms with Crippen molar-refractivity contribution in [2.75, 3.05) is 25.1 Å². The molecular formula is C15H19NO3. The standard InChI is InChI=1S/C15H19NO3/c1-10-8-12-14(17)4-7-19-15(12)13(9-10)16-11-2-5-18-6-3-11/h8-9,11,16H,2-7H2,1H3. The van der Waals surface area contributed by atoms with Gasteiger partial charge in [0, 0.05) is 25.7 Å². The number of Topliss-reactive ketones (excluding diaryl/α,β-unsaturated/α-hetero) is 1. The van der Waals surface area contributed by atoms with Crippen molar-refractivity contribution in [2.45, 2.75) is 32.2 Å². The lowest BCUT2D eigenvalue weighted by Crippen LogP contribution is -2.28. The van der Waals surface area contributed by atoms with Crippen LogP contribution in [0.3, 0.4) is 0 Å². The highest BCUT2D eigenvalue weighted by atomic mass is 16.5. The maximum Gasteiger partial charge on any atom is 0.170 e. The van der Waals surface area contributed by atoms with Gasteiger partial charge < -0.3 is 14.8 Å². The van der Waals surface area contributed by atoms with Crippen molar-refractivity contribution in [1.29, 1.82) is 0 Å². The van der Waals surface area contributed by atoms with Gasteiger partial charge in [-0.15, -0.1) is 0 Å². The van der Waals surface area contributed by atoms with E-state index in [1.165, 1.54) is 0 Å². The third-order valence-corrected chi connectivity index (χ3v) is 3.69. The maximum absolute atomic E-state index is 12.0. The average molecular weight is 261 g/mol. The number of benzene rings is 1. The zero-order valence-corrected chi connectivity index (χ0v) is 11.2. The van der Waals surface area contributed by atoms with Gasteiger partial charge >= 0.3 is 0 Å². The Morgan fingerprint density at radius 3 is 2.79 bits per heavy atom. The minimum Gasteiger partial charge on any atom is -0.490 e. The molecule has 0 radical (unpaired) electrons. The molecule has 4 heteroatoms. The molecule has 0 unspecified atom stereocenters. The third-order valence-electron chi connectivity index (χ3n) is 3.69. The summed E-state index contributed by atoms with van der Waals surface area (Å²) in [5.74, 6) is 0.910. The number of ether oxygens (including phenoxy) is 2. The van der Waals surface area contributed by atoms with E-state index in [0.29, 0.717) is 19.1 Å². The number of ketones is 1. The summed E-state index contributed by atoms with van der Waals surface area (Å²) in [5.41, 5.74) is 2.77. The van der Waals surface area contributed by atoms with Crippen LogP contribution < -0.4 is 10.1 Å². The Kier molecular flexibility index (Phi) is 3.42. The van der Waals surface area contributed by atoms with Gasteiger partial charge in [0.2, 0.25) is 0 Å². The predicted octanol–water partition coefficient (Wildman–Crippen LogP) is 2.55. The van der Waals surface area contributed by atoms with Gasteiger partial charge in [-0.3, -0.25) is 4.79 Å². The van der Waals surface area contributed by atoms with Crippen LogP contribution in [0, 0.1) is 6.92 Å². The van der Waals surface area contributed by atoms with Crippen molar-refractivity contribution in [3.05, 3.63) is 23.3 Å². The quantitative estimate of drug-likeness (QED) is 0.888. The van der Waals surface area contributed by atoms with Gasteiger partial charge in [-0.2, -0.15) is 0 Å². The van der Waals surface area contributed by atoms with Crippen molar-refractivity contribution < 1.29 is 14.3 Å². The molecule has 4 nitrogen and oxygen atoms in total. The molecule has 2 aliphatic heterocycles. The lowest BCUT2D eigenvalue weighted by molar-refractivity contribution is 0.0899. The summed E-state index contributed by atoms with van der Waals surface area (Å²) >= 11 is 0. The topological polar surface area (TPSA) is 47.6 Å². The number of rotatable bonds is 2. The molecule has 2 heterocycles. The van der Waals surface area contributed by atoms with E-state index in [1.54, 1.807) is 0 Å². The van der Waals surface area contributed by atoms with Crippen LogP contribution in [0.25, 0.3) is 0 Å². The van der Waals surface area contributed by atoms with E-state index in [2.05, 4.69) is 11.4 Å². The summed E-state index contributed by atoms with van der Waals surface area (Å²) in [5, 5.41) is 3.51. The third kappa shape index (κ3) is 2.59. The second-order valence-corrected chi connectivity index (χ2v) is 5.24. The largest absolute Gasteiger partial charge is 0.490 e. The second kappa shape index (κ2) is 5.21. The van der Waals surface area contributed by atoms with E-state index in [4.69, 9.17) is 9.47 Å². The Labute approximate surface area is 113 Å². The first-order chi connectivity index (χ1) is 9.24. The molecule has 0 amide bonds. The van der Waals surface area contributed by atoms with Crippen LogP contribution in [0.5, 0.6) is 5.75 Å². The SMILES string of the molecule is Cc1cc(NC2CCOCC2)c2c(c1)C(=O)CCO2. The van der Waals surface area contributed by atoms with Gasteiger partial charge in [0.15, 0.2) is 11.5 Å². The average Bonchev–Trinajstić information content (AvgIpc) is 2.41. The molecule has 1 N–H and O–H groups in total. The first kappa shape index (κ1) is 12.5. The molecule has 102 valence electrons. The molecule has 0 spiro atoms. The number of carbonyl (C=O) groups is 1. The first-order valence-electron chi connectivity index (χ1n) is 6.89. The Hall–Kier alpha value is -1.55. The number of aryl methyl sites for hydroxylation is 1. The fraction of sp³-hybridized carbons (Fsp3) is 0.533. The molecule has 1 aromatic rings. The van der Waals surface area contributed by atoms with Gasteiger partial charge in [-0.1, -0.05) is 0 Å². The molecule has 1 saturated heterocycles. The number of carbonyl (C=O) groups excluding carboxylic acids is 1. The van der Waals surface area contributed by atoms with Gasteiger partial charge in [0.25, 0.3) is 0 Å². The Bertz CT molecular complexity index is 492. The number of anilines is 1. The molecule has 1 aromatic carbocycles. The van der Waals surface area contributed by atoms with Gasteiger partial charge in [-0.25, -0.2) is 0 Å². The zero-order valence-electron chi connectivity index (χ0n) is 11.2. The smallest absolute Gasteiger partial charge is 0.170 e. The normalized spacial score (nSPS) is 19.7. The first-order valence-corrected chi connectivity index (χ1v) is 6.89. The van der Waals surface area contributed by atoms with Crippen LogP contribution >= 0.6 is 0 Å². The molecule has 19 heavy (non-hydrogen) atoms. The summed E-state index contributed by atoms with van der Waals surface area (Å²) in [4.78, 5) is 12.0. The number of hydrogen-bond donors (Lipinski definition) is 1. The Morgan fingerprint density at radius 1 is 1.21 bits per heavy atom. The van der Waals surface area contributed by atoms with Crippen LogP contribution in [0.15, 0.2) is 12.1 Å². The molecule has 2 aliphatic rings. The molecular weight excluding hydrogens is 242 g/mol. The van der Waals surface area contributed by atoms with Gasteiger partial charge in [0.1, 0.15) is 0 Å². The number of nitrogens with one attached hydrogen (secondary N) is 1. The van der Waals surface area contributed by atoms with Crippen LogP contribution in [-0.4, -0.2) is 31.6 Å². The summed E-state index contributed by atoms with van der Waals surface area (Å²) in [6, 6.07) is 4.39. The fourth-order valence-electron chi connectivity index (χ4n) is 2.69. The minimum absolute atomic E-state index is 0.181. The Morgan fingerprint density at radius 2 is 2.00 bits per heavy atom. The number of fused-ring (bicyclic) bond motifs is 1. The molecule has 0 bridgehead atoms. The van der Waals surface area contributed by atoms with E-state index in [1.807, 2.05) is 13.0 Å². The van der Waals surface area contributed by atoms with Crippen LogP contribution in [-0.2, 0) is 4.74 Å². The van der Waals surface area contributed by atoms with Crippen molar-refractivity contribution in [2.24, 2.45) is 0 Å². The van der Waals surface area contributed by atoms with Crippen molar-refractivity contribution in [3.8, 4) is 5.75 Å². The van der Waals surface area contributed by atoms with E-state index >= 15 is 0 Å². The highest BCUT2D eigenvalue weighted by molar-refractivity contribution is 6.01. The zero-order chi connectivity index (χ0) is 13.2. The molecule has 0 aromatic heterocycles. The summed E-state index contributed by atoms with van der Waals surface area (Å²) in [7, 11) is 0. The van der Waals surface area contributed by atoms with E-state index < -0.39 is 0 Å². The molecule has 0 aliphatic carbocycles. The lowest BCUT2D eigenvalue weighted by atomic mass is 10.00. The number of hydrogen-bond acceptors (Lipinski definition) is 4. The molecule has 1 fully saturated rings. The highest BCUT2D eigenvalue weighted by Crippen LogP contribution is 2.35. The predicted molar refractivity (Wildman–Crippen MR) is 73.1 cm³/mol. The summed E-state index contributed by atoms with van der Waals surface area (Å²) < 4.78 is 11.1. The molecule has 0 saturated carbocycles. The van der Waals surface area contributed by atoms with Crippen LogP contribution in [0.2, 0.25) is 0 Å². The molecule has 0 atom stereocenters. The monoisotopic (exact) mass is 261 g/mol. The fourth-order valence-corrected chi connectivity index (χ4v) is 2.69. The van der Waals surface area contributed by atoms with Crippen LogP contribution in [0.1, 0.15) is 35.2 Å².